The summed E-state index contributed by atoms with van der Waals surface area (Å²) < 4.78 is 44.5. The number of sulfonamides is 1. The Hall–Kier alpha value is -3.39. The number of ether oxygens (including phenoxy) is 1. The summed E-state index contributed by atoms with van der Waals surface area (Å²) in [5.41, 5.74) is 0.272. The third-order valence-electron chi connectivity index (χ3n) is 3.93. The Labute approximate surface area is 168 Å². The van der Waals surface area contributed by atoms with E-state index in [9.17, 15) is 17.6 Å². The van der Waals surface area contributed by atoms with Gasteiger partial charge in [0.1, 0.15) is 23.9 Å². The van der Waals surface area contributed by atoms with Crippen LogP contribution in [0.4, 0.5) is 15.8 Å². The van der Waals surface area contributed by atoms with Gasteiger partial charge in [-0.2, -0.15) is 0 Å². The van der Waals surface area contributed by atoms with Crippen LogP contribution in [0.15, 0.2) is 78.9 Å². The summed E-state index contributed by atoms with van der Waals surface area (Å²) in [6, 6.07) is 21.2. The van der Waals surface area contributed by atoms with Crippen molar-refractivity contribution < 1.29 is 22.3 Å². The van der Waals surface area contributed by atoms with E-state index in [0.717, 1.165) is 16.6 Å². The number of carbonyl (C=O) groups excluding carboxylic acids is 1. The van der Waals surface area contributed by atoms with Crippen LogP contribution in [0, 0.1) is 5.82 Å². The van der Waals surface area contributed by atoms with Gasteiger partial charge in [-0.05, 0) is 48.5 Å². The van der Waals surface area contributed by atoms with Crippen molar-refractivity contribution in [1.82, 2.24) is 0 Å². The van der Waals surface area contributed by atoms with E-state index in [1.54, 1.807) is 24.3 Å². The third-order valence-corrected chi connectivity index (χ3v) is 5.05. The molecule has 8 heteroatoms. The van der Waals surface area contributed by atoms with Gasteiger partial charge in [0.05, 0.1) is 11.9 Å². The summed E-state index contributed by atoms with van der Waals surface area (Å²) >= 11 is 0. The lowest BCUT2D eigenvalue weighted by molar-refractivity contribution is -0.114. The number of benzene rings is 3. The molecule has 1 amide bonds. The van der Waals surface area contributed by atoms with E-state index in [4.69, 9.17) is 4.74 Å². The molecule has 1 N–H and O–H groups in total. The first kappa shape index (κ1) is 20.3. The maximum atomic E-state index is 14.0. The molecule has 0 heterocycles. The first-order valence-corrected chi connectivity index (χ1v) is 10.5. The van der Waals surface area contributed by atoms with Crippen molar-refractivity contribution in [3.05, 3.63) is 84.7 Å². The standard InChI is InChI=1S/C21H19FN2O4S/c1-29(26,27)24(20-10-6-5-9-19(20)22)15-21(25)23-16-11-13-18(14-12-16)28-17-7-3-2-4-8-17/h2-14H,15H2,1H3,(H,23,25). The molecule has 0 spiro atoms. The van der Waals surface area contributed by atoms with Crippen LogP contribution in [0.2, 0.25) is 0 Å². The molecule has 0 aliphatic carbocycles. The smallest absolute Gasteiger partial charge is 0.245 e. The van der Waals surface area contributed by atoms with Crippen LogP contribution in [-0.4, -0.2) is 27.1 Å². The van der Waals surface area contributed by atoms with Gasteiger partial charge in [0.15, 0.2) is 0 Å². The quantitative estimate of drug-likeness (QED) is 0.634. The molecule has 6 nitrogen and oxygen atoms in total. The molecule has 0 aliphatic heterocycles. The minimum Gasteiger partial charge on any atom is -0.457 e. The molecule has 0 saturated heterocycles. The van der Waals surface area contributed by atoms with Crippen LogP contribution in [0.3, 0.4) is 0 Å². The lowest BCUT2D eigenvalue weighted by atomic mass is 10.3. The van der Waals surface area contributed by atoms with Gasteiger partial charge in [-0.3, -0.25) is 9.10 Å². The first-order chi connectivity index (χ1) is 13.8. The maximum Gasteiger partial charge on any atom is 0.245 e. The molecule has 150 valence electrons. The number of carbonyl (C=O) groups is 1. The summed E-state index contributed by atoms with van der Waals surface area (Å²) in [5.74, 6) is -0.0696. The number of nitrogens with one attached hydrogen (secondary N) is 1. The van der Waals surface area contributed by atoms with Crippen LogP contribution in [0.1, 0.15) is 0 Å². The Morgan fingerprint density at radius 1 is 0.931 bits per heavy atom. The first-order valence-electron chi connectivity index (χ1n) is 8.68. The van der Waals surface area contributed by atoms with Gasteiger partial charge in [0.25, 0.3) is 0 Å². The van der Waals surface area contributed by atoms with E-state index in [1.807, 2.05) is 30.3 Å². The van der Waals surface area contributed by atoms with Gasteiger partial charge in [0, 0.05) is 5.69 Å². The molecule has 0 unspecified atom stereocenters. The summed E-state index contributed by atoms with van der Waals surface area (Å²) in [6.45, 7) is -0.554. The van der Waals surface area contributed by atoms with Gasteiger partial charge in [-0.25, -0.2) is 12.8 Å². The number of nitrogens with zero attached hydrogens (tertiary/aromatic N) is 1. The second kappa shape index (κ2) is 8.74. The molecule has 0 saturated carbocycles. The summed E-state index contributed by atoms with van der Waals surface area (Å²) in [7, 11) is -3.86. The van der Waals surface area contributed by atoms with Crippen molar-refractivity contribution in [1.29, 1.82) is 0 Å². The van der Waals surface area contributed by atoms with E-state index in [0.29, 0.717) is 17.2 Å². The van der Waals surface area contributed by atoms with Crippen LogP contribution < -0.4 is 14.4 Å². The largest absolute Gasteiger partial charge is 0.457 e. The lowest BCUT2D eigenvalue weighted by Gasteiger charge is -2.22. The summed E-state index contributed by atoms with van der Waals surface area (Å²) in [6.07, 6.45) is 0.919. The number of rotatable bonds is 7. The highest BCUT2D eigenvalue weighted by Crippen LogP contribution is 2.24. The number of amides is 1. The Bertz CT molecular complexity index is 1090. The van der Waals surface area contributed by atoms with Crippen molar-refractivity contribution in [3.8, 4) is 11.5 Å². The Kier molecular flexibility index (Phi) is 6.13. The molecular formula is C21H19FN2O4S. The maximum absolute atomic E-state index is 14.0. The molecule has 0 radical (unpaired) electrons. The SMILES string of the molecule is CS(=O)(=O)N(CC(=O)Nc1ccc(Oc2ccccc2)cc1)c1ccccc1F. The van der Waals surface area contributed by atoms with Gasteiger partial charge in [0.2, 0.25) is 15.9 Å². The van der Waals surface area contributed by atoms with Crippen LogP contribution >= 0.6 is 0 Å². The average Bonchev–Trinajstić information content (AvgIpc) is 2.68. The topological polar surface area (TPSA) is 75.7 Å². The monoisotopic (exact) mass is 414 g/mol. The van der Waals surface area contributed by atoms with E-state index in [1.165, 1.54) is 18.2 Å². The number of anilines is 2. The van der Waals surface area contributed by atoms with Gasteiger partial charge in [-0.15, -0.1) is 0 Å². The number of hydrogen-bond acceptors (Lipinski definition) is 4. The minimum absolute atomic E-state index is 0.184. The minimum atomic E-state index is -3.86. The number of para-hydroxylation sites is 2. The summed E-state index contributed by atoms with van der Waals surface area (Å²) in [4.78, 5) is 12.4. The van der Waals surface area contributed by atoms with Crippen molar-refractivity contribution in [3.63, 3.8) is 0 Å². The molecule has 0 atom stereocenters. The van der Waals surface area contributed by atoms with Crippen molar-refractivity contribution in [2.24, 2.45) is 0 Å². The molecule has 3 aromatic rings. The van der Waals surface area contributed by atoms with E-state index >= 15 is 0 Å². The fraction of sp³-hybridized carbons (Fsp3) is 0.0952. The molecule has 29 heavy (non-hydrogen) atoms. The van der Waals surface area contributed by atoms with Crippen molar-refractivity contribution >= 4 is 27.3 Å². The summed E-state index contributed by atoms with van der Waals surface area (Å²) in [5, 5.41) is 2.60. The van der Waals surface area contributed by atoms with Gasteiger partial charge in [-0.1, -0.05) is 30.3 Å². The van der Waals surface area contributed by atoms with E-state index in [2.05, 4.69) is 5.32 Å². The zero-order valence-electron chi connectivity index (χ0n) is 15.6. The normalized spacial score (nSPS) is 11.0. The molecule has 0 aliphatic rings. The Balaban J connectivity index is 1.68. The molecule has 3 rings (SSSR count). The second-order valence-corrected chi connectivity index (χ2v) is 8.12. The fourth-order valence-corrected chi connectivity index (χ4v) is 3.45. The Morgan fingerprint density at radius 3 is 2.14 bits per heavy atom. The molecule has 0 bridgehead atoms. The highest BCUT2D eigenvalue weighted by atomic mass is 32.2. The average molecular weight is 414 g/mol. The predicted molar refractivity (Wildman–Crippen MR) is 110 cm³/mol. The zero-order valence-corrected chi connectivity index (χ0v) is 16.4. The highest BCUT2D eigenvalue weighted by molar-refractivity contribution is 7.92. The lowest BCUT2D eigenvalue weighted by Crippen LogP contribution is -2.38. The van der Waals surface area contributed by atoms with E-state index < -0.39 is 28.3 Å². The van der Waals surface area contributed by atoms with Crippen molar-refractivity contribution in [2.45, 2.75) is 0 Å². The Morgan fingerprint density at radius 2 is 1.52 bits per heavy atom. The molecule has 3 aromatic carbocycles. The molecular weight excluding hydrogens is 395 g/mol. The molecule has 0 fully saturated rings. The van der Waals surface area contributed by atoms with Crippen molar-refractivity contribution in [2.75, 3.05) is 22.4 Å². The van der Waals surface area contributed by atoms with Crippen LogP contribution in [-0.2, 0) is 14.8 Å². The van der Waals surface area contributed by atoms with Gasteiger partial charge >= 0.3 is 0 Å². The fourth-order valence-electron chi connectivity index (χ4n) is 2.60. The van der Waals surface area contributed by atoms with Gasteiger partial charge < -0.3 is 10.1 Å². The number of hydrogen-bond donors (Lipinski definition) is 1. The van der Waals surface area contributed by atoms with Crippen LogP contribution in [0.5, 0.6) is 11.5 Å². The molecule has 0 aromatic heterocycles. The predicted octanol–water partition coefficient (Wildman–Crippen LogP) is 4.02. The third kappa shape index (κ3) is 5.55. The number of halogens is 1. The van der Waals surface area contributed by atoms with Crippen LogP contribution in [0.25, 0.3) is 0 Å². The second-order valence-electron chi connectivity index (χ2n) is 6.21. The zero-order chi connectivity index (χ0) is 20.9. The van der Waals surface area contributed by atoms with E-state index in [-0.39, 0.29) is 5.69 Å². The highest BCUT2D eigenvalue weighted by Gasteiger charge is 2.23.